The molecule has 28 heavy (non-hydrogen) atoms. The Morgan fingerprint density at radius 3 is 2.43 bits per heavy atom. The van der Waals surface area contributed by atoms with E-state index in [9.17, 15) is 4.79 Å². The van der Waals surface area contributed by atoms with E-state index in [1.165, 1.54) is 0 Å². The number of carbonyl (C=O) groups excluding carboxylic acids is 1. The number of methoxy groups -OCH3 is 2. The van der Waals surface area contributed by atoms with Crippen molar-refractivity contribution in [1.29, 1.82) is 0 Å². The summed E-state index contributed by atoms with van der Waals surface area (Å²) in [7, 11) is 3.19. The summed E-state index contributed by atoms with van der Waals surface area (Å²) in [5, 5.41) is 5.10. The van der Waals surface area contributed by atoms with Gasteiger partial charge in [-0.15, -0.1) is 0 Å². The van der Waals surface area contributed by atoms with E-state index in [-0.39, 0.29) is 18.6 Å². The molecule has 0 aliphatic carbocycles. The highest BCUT2D eigenvalue weighted by Gasteiger charge is 2.16. The highest BCUT2D eigenvalue weighted by atomic mass is 16.5. The van der Waals surface area contributed by atoms with Gasteiger partial charge in [0.2, 0.25) is 0 Å². The summed E-state index contributed by atoms with van der Waals surface area (Å²) in [5.74, 6) is 1.83. The number of fused-ring (bicyclic) bond motifs is 1. The second kappa shape index (κ2) is 9.13. The Morgan fingerprint density at radius 2 is 1.68 bits per heavy atom. The van der Waals surface area contributed by atoms with Crippen molar-refractivity contribution in [2.75, 3.05) is 20.8 Å². The fraction of sp³-hybridized carbons (Fsp3) is 0.261. The van der Waals surface area contributed by atoms with Gasteiger partial charge in [0.05, 0.1) is 20.3 Å². The minimum absolute atomic E-state index is 0.0439. The zero-order valence-corrected chi connectivity index (χ0v) is 16.4. The lowest BCUT2D eigenvalue weighted by molar-refractivity contribution is -0.123. The molecule has 5 nitrogen and oxygen atoms in total. The van der Waals surface area contributed by atoms with Gasteiger partial charge in [-0.1, -0.05) is 49.4 Å². The van der Waals surface area contributed by atoms with Gasteiger partial charge in [-0.2, -0.15) is 0 Å². The van der Waals surface area contributed by atoms with Crippen LogP contribution in [0.1, 0.15) is 24.9 Å². The second-order valence-electron chi connectivity index (χ2n) is 6.41. The van der Waals surface area contributed by atoms with Gasteiger partial charge in [0.15, 0.2) is 18.1 Å². The Kier molecular flexibility index (Phi) is 6.37. The van der Waals surface area contributed by atoms with Crippen LogP contribution >= 0.6 is 0 Å². The summed E-state index contributed by atoms with van der Waals surface area (Å²) < 4.78 is 16.4. The van der Waals surface area contributed by atoms with E-state index in [4.69, 9.17) is 14.2 Å². The quantitative estimate of drug-likeness (QED) is 0.626. The molecule has 3 aromatic carbocycles. The maximum atomic E-state index is 12.5. The molecule has 1 amide bonds. The average molecular weight is 379 g/mol. The summed E-state index contributed by atoms with van der Waals surface area (Å²) in [6.45, 7) is 1.98. The first-order chi connectivity index (χ1) is 13.7. The fourth-order valence-electron chi connectivity index (χ4n) is 3.19. The van der Waals surface area contributed by atoms with Crippen LogP contribution in [0.5, 0.6) is 17.2 Å². The minimum atomic E-state index is -0.172. The number of carbonyl (C=O) groups is 1. The molecule has 0 radical (unpaired) electrons. The monoisotopic (exact) mass is 379 g/mol. The third-order valence-electron chi connectivity index (χ3n) is 4.66. The molecule has 0 heterocycles. The molecule has 0 spiro atoms. The van der Waals surface area contributed by atoms with Crippen LogP contribution in [-0.2, 0) is 4.79 Å². The maximum Gasteiger partial charge on any atom is 0.258 e. The van der Waals surface area contributed by atoms with Gasteiger partial charge >= 0.3 is 0 Å². The van der Waals surface area contributed by atoms with Crippen LogP contribution in [0.25, 0.3) is 10.8 Å². The second-order valence-corrected chi connectivity index (χ2v) is 6.41. The highest BCUT2D eigenvalue weighted by molar-refractivity contribution is 5.88. The first kappa shape index (κ1) is 19.5. The Labute approximate surface area is 165 Å². The molecule has 1 N–H and O–H groups in total. The van der Waals surface area contributed by atoms with Gasteiger partial charge in [0.1, 0.15) is 5.75 Å². The van der Waals surface area contributed by atoms with Crippen molar-refractivity contribution < 1.29 is 19.0 Å². The Bertz CT molecular complexity index is 949. The highest BCUT2D eigenvalue weighted by Crippen LogP contribution is 2.31. The van der Waals surface area contributed by atoms with Crippen molar-refractivity contribution in [3.8, 4) is 17.2 Å². The first-order valence-corrected chi connectivity index (χ1v) is 9.28. The molecule has 0 bridgehead atoms. The third-order valence-corrected chi connectivity index (χ3v) is 4.66. The van der Waals surface area contributed by atoms with Crippen LogP contribution in [0.15, 0.2) is 60.7 Å². The van der Waals surface area contributed by atoms with Gasteiger partial charge in [-0.3, -0.25) is 4.79 Å². The summed E-state index contributed by atoms with van der Waals surface area (Å²) in [4.78, 5) is 12.5. The van der Waals surface area contributed by atoms with Gasteiger partial charge in [0.25, 0.3) is 5.91 Å². The smallest absolute Gasteiger partial charge is 0.258 e. The summed E-state index contributed by atoms with van der Waals surface area (Å²) in [6.07, 6.45) is 0.746. The number of benzene rings is 3. The van der Waals surface area contributed by atoms with Crippen LogP contribution in [0.3, 0.4) is 0 Å². The lowest BCUT2D eigenvalue weighted by atomic mass is 10.0. The number of ether oxygens (including phenoxy) is 3. The molecule has 0 unspecified atom stereocenters. The first-order valence-electron chi connectivity index (χ1n) is 9.28. The molecule has 1 atom stereocenters. The minimum Gasteiger partial charge on any atom is -0.493 e. The predicted molar refractivity (Wildman–Crippen MR) is 110 cm³/mol. The standard InChI is InChI=1S/C23H25NO4/c1-4-19(17-12-13-21(26-2)22(14-17)27-3)24-23(25)15-28-20-11-7-9-16-8-5-6-10-18(16)20/h5-14,19H,4,15H2,1-3H3,(H,24,25)/t19-/m1/s1. The zero-order valence-electron chi connectivity index (χ0n) is 16.4. The fourth-order valence-corrected chi connectivity index (χ4v) is 3.19. The van der Waals surface area contributed by atoms with Gasteiger partial charge in [-0.25, -0.2) is 0 Å². The number of amides is 1. The van der Waals surface area contributed by atoms with E-state index in [2.05, 4.69) is 5.32 Å². The maximum absolute atomic E-state index is 12.5. The topological polar surface area (TPSA) is 56.8 Å². The summed E-state index contributed by atoms with van der Waals surface area (Å²) in [6, 6.07) is 19.3. The van der Waals surface area contributed by atoms with Gasteiger partial charge < -0.3 is 19.5 Å². The van der Waals surface area contributed by atoms with Gasteiger partial charge in [0, 0.05) is 5.39 Å². The molecule has 0 aliphatic heterocycles. The van der Waals surface area contributed by atoms with E-state index >= 15 is 0 Å². The summed E-state index contributed by atoms with van der Waals surface area (Å²) >= 11 is 0. The number of nitrogens with one attached hydrogen (secondary N) is 1. The average Bonchev–Trinajstić information content (AvgIpc) is 2.75. The Hall–Kier alpha value is -3.21. The number of hydrogen-bond donors (Lipinski definition) is 1. The van der Waals surface area contributed by atoms with E-state index in [0.29, 0.717) is 17.2 Å². The van der Waals surface area contributed by atoms with E-state index in [1.807, 2.05) is 67.6 Å². The van der Waals surface area contributed by atoms with Crippen LogP contribution in [0, 0.1) is 0 Å². The summed E-state index contributed by atoms with van der Waals surface area (Å²) in [5.41, 5.74) is 0.957. The van der Waals surface area contributed by atoms with E-state index < -0.39 is 0 Å². The lowest BCUT2D eigenvalue weighted by Gasteiger charge is -2.19. The molecule has 0 fully saturated rings. The molecular weight excluding hydrogens is 354 g/mol. The van der Waals surface area contributed by atoms with E-state index in [1.54, 1.807) is 14.2 Å². The van der Waals surface area contributed by atoms with E-state index in [0.717, 1.165) is 22.8 Å². The van der Waals surface area contributed by atoms with Crippen LogP contribution in [0.4, 0.5) is 0 Å². The van der Waals surface area contributed by atoms with Crippen LogP contribution in [-0.4, -0.2) is 26.7 Å². The molecule has 0 aromatic heterocycles. The Morgan fingerprint density at radius 1 is 0.929 bits per heavy atom. The molecule has 0 saturated carbocycles. The van der Waals surface area contributed by atoms with Crippen molar-refractivity contribution in [3.05, 3.63) is 66.2 Å². The third kappa shape index (κ3) is 4.36. The normalized spacial score (nSPS) is 11.7. The van der Waals surface area contributed by atoms with Crippen molar-refractivity contribution >= 4 is 16.7 Å². The van der Waals surface area contributed by atoms with Crippen LogP contribution < -0.4 is 19.5 Å². The van der Waals surface area contributed by atoms with Crippen LogP contribution in [0.2, 0.25) is 0 Å². The van der Waals surface area contributed by atoms with Gasteiger partial charge in [-0.05, 0) is 35.6 Å². The largest absolute Gasteiger partial charge is 0.493 e. The van der Waals surface area contributed by atoms with Crippen molar-refractivity contribution in [3.63, 3.8) is 0 Å². The predicted octanol–water partition coefficient (Wildman–Crippen LogP) is 4.50. The van der Waals surface area contributed by atoms with Crippen molar-refractivity contribution in [2.45, 2.75) is 19.4 Å². The van der Waals surface area contributed by atoms with Crippen molar-refractivity contribution in [1.82, 2.24) is 5.32 Å². The molecular formula is C23H25NO4. The number of hydrogen-bond acceptors (Lipinski definition) is 4. The number of rotatable bonds is 8. The molecule has 3 aromatic rings. The van der Waals surface area contributed by atoms with Crippen molar-refractivity contribution in [2.24, 2.45) is 0 Å². The molecule has 0 aliphatic rings. The molecule has 0 saturated heterocycles. The lowest BCUT2D eigenvalue weighted by Crippen LogP contribution is -2.32. The molecule has 146 valence electrons. The Balaban J connectivity index is 1.67. The molecule has 3 rings (SSSR count). The zero-order chi connectivity index (χ0) is 19.9. The molecule has 5 heteroatoms. The SMILES string of the molecule is CC[C@@H](NC(=O)COc1cccc2ccccc12)c1ccc(OC)c(OC)c1.